The molecule has 0 atom stereocenters. The van der Waals surface area contributed by atoms with Crippen molar-refractivity contribution in [2.75, 3.05) is 23.9 Å². The monoisotopic (exact) mass is 324 g/mol. The van der Waals surface area contributed by atoms with Crippen LogP contribution in [0.2, 0.25) is 0 Å². The van der Waals surface area contributed by atoms with Gasteiger partial charge in [-0.05, 0) is 49.7 Å². The lowest BCUT2D eigenvalue weighted by Gasteiger charge is -2.16. The Morgan fingerprint density at radius 3 is 2.54 bits per heavy atom. The van der Waals surface area contributed by atoms with E-state index in [1.54, 1.807) is 36.3 Å². The second-order valence-electron chi connectivity index (χ2n) is 5.85. The highest BCUT2D eigenvalue weighted by Gasteiger charge is 2.21. The van der Waals surface area contributed by atoms with Crippen LogP contribution >= 0.6 is 0 Å². The Bertz CT molecular complexity index is 769. The molecule has 1 heterocycles. The summed E-state index contributed by atoms with van der Waals surface area (Å²) in [5.74, 6) is 0.467. The van der Waals surface area contributed by atoms with Crippen LogP contribution in [0.15, 0.2) is 42.5 Å². The fourth-order valence-electron chi connectivity index (χ4n) is 2.84. The minimum Gasteiger partial charge on any atom is -0.496 e. The number of hydrogen-bond acceptors (Lipinski definition) is 3. The van der Waals surface area contributed by atoms with Gasteiger partial charge in [0.15, 0.2) is 0 Å². The molecule has 1 N–H and O–H groups in total. The fourth-order valence-corrected chi connectivity index (χ4v) is 2.84. The number of rotatable bonds is 4. The van der Waals surface area contributed by atoms with Gasteiger partial charge in [-0.1, -0.05) is 11.6 Å². The van der Waals surface area contributed by atoms with E-state index in [2.05, 4.69) is 5.32 Å². The molecule has 1 aliphatic heterocycles. The van der Waals surface area contributed by atoms with Crippen LogP contribution in [0.5, 0.6) is 5.75 Å². The second-order valence-corrected chi connectivity index (χ2v) is 5.85. The first kappa shape index (κ1) is 16.1. The molecule has 2 aromatic carbocycles. The van der Waals surface area contributed by atoms with Gasteiger partial charge in [0.25, 0.3) is 5.91 Å². The molecule has 2 amide bonds. The molecule has 0 bridgehead atoms. The molecule has 0 aliphatic carbocycles. The van der Waals surface area contributed by atoms with Gasteiger partial charge in [-0.25, -0.2) is 0 Å². The number of nitrogens with zero attached hydrogens (tertiary/aromatic N) is 1. The molecule has 0 spiro atoms. The molecule has 5 nitrogen and oxygen atoms in total. The van der Waals surface area contributed by atoms with Crippen LogP contribution in [-0.4, -0.2) is 25.5 Å². The van der Waals surface area contributed by atoms with Gasteiger partial charge in [-0.3, -0.25) is 9.59 Å². The Morgan fingerprint density at radius 2 is 1.92 bits per heavy atom. The standard InChI is InChI=1S/C19H20N2O3/c1-13-5-10-17(24-2)16(12-13)19(23)20-14-6-8-15(9-7-14)21-11-3-4-18(21)22/h5-10,12H,3-4,11H2,1-2H3,(H,20,23). The lowest BCUT2D eigenvalue weighted by atomic mass is 10.1. The number of benzene rings is 2. The normalized spacial score (nSPS) is 13.9. The van der Waals surface area contributed by atoms with E-state index in [9.17, 15) is 9.59 Å². The average Bonchev–Trinajstić information content (AvgIpc) is 3.01. The number of aryl methyl sites for hydroxylation is 1. The Labute approximate surface area is 141 Å². The summed E-state index contributed by atoms with van der Waals surface area (Å²) in [5, 5.41) is 2.87. The molecule has 0 unspecified atom stereocenters. The highest BCUT2D eigenvalue weighted by atomic mass is 16.5. The van der Waals surface area contributed by atoms with Crippen molar-refractivity contribution in [2.24, 2.45) is 0 Å². The highest BCUT2D eigenvalue weighted by Crippen LogP contribution is 2.24. The first-order chi connectivity index (χ1) is 11.6. The summed E-state index contributed by atoms with van der Waals surface area (Å²) in [4.78, 5) is 26.0. The van der Waals surface area contributed by atoms with E-state index in [1.165, 1.54) is 0 Å². The van der Waals surface area contributed by atoms with Crippen molar-refractivity contribution in [1.82, 2.24) is 0 Å². The molecule has 0 saturated carbocycles. The van der Waals surface area contributed by atoms with Gasteiger partial charge in [0.1, 0.15) is 5.75 Å². The van der Waals surface area contributed by atoms with Crippen LogP contribution in [0.1, 0.15) is 28.8 Å². The van der Waals surface area contributed by atoms with Crippen LogP contribution in [-0.2, 0) is 4.79 Å². The maximum absolute atomic E-state index is 12.5. The smallest absolute Gasteiger partial charge is 0.259 e. The SMILES string of the molecule is COc1ccc(C)cc1C(=O)Nc1ccc(N2CCCC2=O)cc1. The molecular formula is C19H20N2O3. The van der Waals surface area contributed by atoms with Crippen LogP contribution in [0.4, 0.5) is 11.4 Å². The zero-order valence-electron chi connectivity index (χ0n) is 13.8. The van der Waals surface area contributed by atoms with Gasteiger partial charge in [0.05, 0.1) is 12.7 Å². The Morgan fingerprint density at radius 1 is 1.17 bits per heavy atom. The summed E-state index contributed by atoms with van der Waals surface area (Å²) in [6.45, 7) is 2.68. The van der Waals surface area contributed by atoms with Gasteiger partial charge in [0, 0.05) is 24.3 Å². The number of nitrogens with one attached hydrogen (secondary N) is 1. The summed E-state index contributed by atoms with van der Waals surface area (Å²) in [6, 6.07) is 12.8. The molecule has 5 heteroatoms. The van der Waals surface area contributed by atoms with Crippen molar-refractivity contribution in [1.29, 1.82) is 0 Å². The maximum atomic E-state index is 12.5. The summed E-state index contributed by atoms with van der Waals surface area (Å²) in [7, 11) is 1.54. The number of carbonyl (C=O) groups is 2. The Kier molecular flexibility index (Phi) is 4.51. The van der Waals surface area contributed by atoms with E-state index in [-0.39, 0.29) is 11.8 Å². The summed E-state index contributed by atoms with van der Waals surface area (Å²) in [6.07, 6.45) is 1.50. The van der Waals surface area contributed by atoms with Gasteiger partial charge >= 0.3 is 0 Å². The van der Waals surface area contributed by atoms with Crippen molar-refractivity contribution in [3.05, 3.63) is 53.6 Å². The van der Waals surface area contributed by atoms with Gasteiger partial charge < -0.3 is 15.0 Å². The molecule has 1 fully saturated rings. The summed E-state index contributed by atoms with van der Waals surface area (Å²) < 4.78 is 5.25. The minimum atomic E-state index is -0.222. The van der Waals surface area contributed by atoms with Crippen molar-refractivity contribution < 1.29 is 14.3 Å². The zero-order valence-corrected chi connectivity index (χ0v) is 13.8. The maximum Gasteiger partial charge on any atom is 0.259 e. The Hall–Kier alpha value is -2.82. The van der Waals surface area contributed by atoms with Gasteiger partial charge in [-0.15, -0.1) is 0 Å². The predicted octanol–water partition coefficient (Wildman–Crippen LogP) is 3.38. The number of amides is 2. The lowest BCUT2D eigenvalue weighted by molar-refractivity contribution is -0.117. The molecule has 3 rings (SSSR count). The molecule has 1 aliphatic rings. The highest BCUT2D eigenvalue weighted by molar-refractivity contribution is 6.06. The average molecular weight is 324 g/mol. The fraction of sp³-hybridized carbons (Fsp3) is 0.263. The predicted molar refractivity (Wildman–Crippen MR) is 93.7 cm³/mol. The molecule has 0 radical (unpaired) electrons. The van der Waals surface area contributed by atoms with Crippen molar-refractivity contribution in [3.63, 3.8) is 0 Å². The quantitative estimate of drug-likeness (QED) is 0.938. The van der Waals surface area contributed by atoms with Crippen LogP contribution in [0.25, 0.3) is 0 Å². The number of anilines is 2. The van der Waals surface area contributed by atoms with E-state index in [4.69, 9.17) is 4.74 Å². The summed E-state index contributed by atoms with van der Waals surface area (Å²) >= 11 is 0. The number of hydrogen-bond donors (Lipinski definition) is 1. The van der Waals surface area contributed by atoms with Crippen LogP contribution < -0.4 is 15.0 Å². The third kappa shape index (κ3) is 3.25. The van der Waals surface area contributed by atoms with Gasteiger partial charge in [-0.2, -0.15) is 0 Å². The van der Waals surface area contributed by atoms with Crippen molar-refractivity contribution in [3.8, 4) is 5.75 Å². The molecule has 2 aromatic rings. The third-order valence-corrected chi connectivity index (χ3v) is 4.11. The van der Waals surface area contributed by atoms with Crippen LogP contribution in [0.3, 0.4) is 0 Å². The van der Waals surface area contributed by atoms with E-state index >= 15 is 0 Å². The van der Waals surface area contributed by atoms with E-state index in [0.717, 1.165) is 24.2 Å². The molecular weight excluding hydrogens is 304 g/mol. The first-order valence-electron chi connectivity index (χ1n) is 7.95. The topological polar surface area (TPSA) is 58.6 Å². The first-order valence-corrected chi connectivity index (χ1v) is 7.95. The number of carbonyl (C=O) groups excluding carboxylic acids is 2. The van der Waals surface area contributed by atoms with E-state index < -0.39 is 0 Å². The largest absolute Gasteiger partial charge is 0.496 e. The minimum absolute atomic E-state index is 0.149. The number of ether oxygens (including phenoxy) is 1. The van der Waals surface area contributed by atoms with E-state index in [0.29, 0.717) is 23.4 Å². The second kappa shape index (κ2) is 6.74. The van der Waals surface area contributed by atoms with Crippen LogP contribution in [0, 0.1) is 6.92 Å². The van der Waals surface area contributed by atoms with Crippen molar-refractivity contribution >= 4 is 23.2 Å². The lowest BCUT2D eigenvalue weighted by Crippen LogP contribution is -2.23. The zero-order chi connectivity index (χ0) is 17.1. The summed E-state index contributed by atoms with van der Waals surface area (Å²) in [5.41, 5.74) is 3.03. The third-order valence-electron chi connectivity index (χ3n) is 4.11. The van der Waals surface area contributed by atoms with E-state index in [1.807, 2.05) is 25.1 Å². The Balaban J connectivity index is 1.75. The molecule has 24 heavy (non-hydrogen) atoms. The molecule has 124 valence electrons. The molecule has 1 saturated heterocycles. The molecule has 0 aromatic heterocycles. The number of methoxy groups -OCH3 is 1. The van der Waals surface area contributed by atoms with Gasteiger partial charge in [0.2, 0.25) is 5.91 Å². The van der Waals surface area contributed by atoms with Crippen molar-refractivity contribution in [2.45, 2.75) is 19.8 Å².